The van der Waals surface area contributed by atoms with Gasteiger partial charge in [0.25, 0.3) is 6.29 Å². The zero-order valence-corrected chi connectivity index (χ0v) is 5.60. The van der Waals surface area contributed by atoms with Crippen molar-refractivity contribution in [3.8, 4) is 0 Å². The molecule has 0 spiro atoms. The first kappa shape index (κ1) is 6.57. The van der Waals surface area contributed by atoms with E-state index in [0.29, 0.717) is 0 Å². The molecular formula is C2H2N10. The molecule has 1 N–H and O–H groups in total. The molecule has 10 nitrogen and oxygen atoms in total. The molecule has 0 saturated carbocycles. The summed E-state index contributed by atoms with van der Waals surface area (Å²) in [6.07, 6.45) is -0.705. The van der Waals surface area contributed by atoms with E-state index in [2.05, 4.69) is 51.5 Å². The van der Waals surface area contributed by atoms with Crippen molar-refractivity contribution in [2.75, 3.05) is 0 Å². The number of nitrogens with one attached hydrogen (secondary N) is 1. The van der Waals surface area contributed by atoms with Gasteiger partial charge in [-0.25, -0.2) is 0 Å². The van der Waals surface area contributed by atoms with E-state index in [1.54, 1.807) is 0 Å². The minimum Gasteiger partial charge on any atom is -0.175 e. The Hall–Kier alpha value is -2.13. The number of rotatable bonds is 2. The van der Waals surface area contributed by atoms with E-state index < -0.39 is 6.29 Å². The monoisotopic (exact) mass is 166 g/mol. The molecule has 0 bridgehead atoms. The maximum absolute atomic E-state index is 3.58. The highest BCUT2D eigenvalue weighted by Gasteiger charge is 2.06. The predicted molar refractivity (Wildman–Crippen MR) is 32.2 cm³/mol. The van der Waals surface area contributed by atoms with Crippen molar-refractivity contribution in [3.63, 3.8) is 0 Å². The molecule has 0 saturated heterocycles. The van der Waals surface area contributed by atoms with Crippen LogP contribution >= 0.6 is 0 Å². The summed E-state index contributed by atoms with van der Waals surface area (Å²) in [6.45, 7) is 0. The van der Waals surface area contributed by atoms with Crippen LogP contribution < -0.4 is 0 Å². The summed E-state index contributed by atoms with van der Waals surface area (Å²) >= 11 is 0. The molecule has 2 rings (SSSR count). The molecule has 0 amide bonds. The molecule has 1 aromatic heterocycles. The van der Waals surface area contributed by atoms with Gasteiger partial charge in [0, 0.05) is 0 Å². The molecule has 1 aromatic rings. The van der Waals surface area contributed by atoms with E-state index in [-0.39, 0.29) is 5.95 Å². The topological polar surface area (TPSA) is 129 Å². The first-order valence-corrected chi connectivity index (χ1v) is 2.89. The minimum absolute atomic E-state index is 0.118. The van der Waals surface area contributed by atoms with Crippen LogP contribution in [0.3, 0.4) is 0 Å². The van der Waals surface area contributed by atoms with Crippen molar-refractivity contribution in [1.82, 2.24) is 20.6 Å². The van der Waals surface area contributed by atoms with E-state index in [1.807, 2.05) is 0 Å². The average Bonchev–Trinajstić information content (AvgIpc) is 2.74. The Morgan fingerprint density at radius 2 is 2.08 bits per heavy atom. The van der Waals surface area contributed by atoms with E-state index >= 15 is 0 Å². The molecule has 1 aliphatic heterocycles. The highest BCUT2D eigenvalue weighted by molar-refractivity contribution is 5.03. The Bertz CT molecular complexity index is 306. The van der Waals surface area contributed by atoms with E-state index in [4.69, 9.17) is 0 Å². The summed E-state index contributed by atoms with van der Waals surface area (Å²) in [5, 5.41) is 33.1. The molecular weight excluding hydrogens is 164 g/mol. The maximum atomic E-state index is 3.58. The van der Waals surface area contributed by atoms with Crippen LogP contribution in [0.25, 0.3) is 0 Å². The minimum atomic E-state index is -0.705. The number of azo groups is 1. The molecule has 12 heavy (non-hydrogen) atoms. The maximum Gasteiger partial charge on any atom is 0.307 e. The van der Waals surface area contributed by atoms with Crippen LogP contribution in [0, 0.1) is 0 Å². The molecule has 10 heteroatoms. The number of nitrogens with zero attached hydrogens (tertiary/aromatic N) is 9. The fourth-order valence-electron chi connectivity index (χ4n) is 0.510. The zero-order valence-electron chi connectivity index (χ0n) is 5.60. The number of aromatic nitrogens is 4. The first-order valence-electron chi connectivity index (χ1n) is 2.89. The van der Waals surface area contributed by atoms with Gasteiger partial charge < -0.3 is 0 Å². The third-order valence-electron chi connectivity index (χ3n) is 0.934. The average molecular weight is 166 g/mol. The van der Waals surface area contributed by atoms with Gasteiger partial charge in [0.15, 0.2) is 0 Å². The number of tetrazole rings is 1. The molecule has 0 radical (unpaired) electrons. The van der Waals surface area contributed by atoms with Crippen LogP contribution in [0.1, 0.15) is 0 Å². The third-order valence-corrected chi connectivity index (χ3v) is 0.934. The Morgan fingerprint density at radius 3 is 2.75 bits per heavy atom. The largest absolute Gasteiger partial charge is 0.307 e. The van der Waals surface area contributed by atoms with Crippen molar-refractivity contribution in [1.29, 1.82) is 0 Å². The second-order valence-corrected chi connectivity index (χ2v) is 1.68. The van der Waals surface area contributed by atoms with Crippen molar-refractivity contribution in [3.05, 3.63) is 0 Å². The second kappa shape index (κ2) is 2.86. The van der Waals surface area contributed by atoms with Crippen LogP contribution in [0.15, 0.2) is 30.9 Å². The van der Waals surface area contributed by atoms with E-state index in [0.717, 1.165) is 0 Å². The Morgan fingerprint density at radius 1 is 1.25 bits per heavy atom. The summed E-state index contributed by atoms with van der Waals surface area (Å²) in [6, 6.07) is 0. The van der Waals surface area contributed by atoms with Crippen molar-refractivity contribution in [2.45, 2.75) is 6.29 Å². The van der Waals surface area contributed by atoms with Gasteiger partial charge in [-0.2, -0.15) is 5.21 Å². The van der Waals surface area contributed by atoms with Crippen molar-refractivity contribution < 1.29 is 0 Å². The fraction of sp³-hybridized carbons (Fsp3) is 0.500. The Balaban J connectivity index is 2.03. The Kier molecular flexibility index (Phi) is 1.56. The molecule has 0 fully saturated rings. The lowest BCUT2D eigenvalue weighted by Gasteiger charge is -1.84. The number of hydrogen-bond donors (Lipinski definition) is 1. The van der Waals surface area contributed by atoms with Gasteiger partial charge in [-0.3, -0.25) is 0 Å². The summed E-state index contributed by atoms with van der Waals surface area (Å²) in [5.41, 5.74) is 0. The predicted octanol–water partition coefficient (Wildman–Crippen LogP) is 0.400. The van der Waals surface area contributed by atoms with E-state index in [1.165, 1.54) is 0 Å². The quantitative estimate of drug-likeness (QED) is 0.638. The van der Waals surface area contributed by atoms with Crippen molar-refractivity contribution >= 4 is 5.95 Å². The van der Waals surface area contributed by atoms with Crippen LogP contribution in [-0.2, 0) is 0 Å². The molecule has 0 aromatic carbocycles. The molecule has 1 aliphatic rings. The highest BCUT2D eigenvalue weighted by Crippen LogP contribution is 2.08. The molecule has 0 aliphatic carbocycles. The van der Waals surface area contributed by atoms with Gasteiger partial charge in [-0.1, -0.05) is 5.10 Å². The number of aromatic amines is 1. The Labute approximate surface area is 64.9 Å². The molecule has 60 valence electrons. The normalized spacial score (nSPS) is 16.7. The SMILES string of the molecule is N1=NC(N=Nc2nn[nH]n2)N=N1. The van der Waals surface area contributed by atoms with Gasteiger partial charge in [0.1, 0.15) is 0 Å². The van der Waals surface area contributed by atoms with Gasteiger partial charge in [-0.15, -0.1) is 25.6 Å². The summed E-state index contributed by atoms with van der Waals surface area (Å²) in [4.78, 5) is 0. The van der Waals surface area contributed by atoms with Gasteiger partial charge in [0.2, 0.25) is 0 Å². The van der Waals surface area contributed by atoms with Crippen molar-refractivity contribution in [2.24, 2.45) is 30.9 Å². The summed E-state index contributed by atoms with van der Waals surface area (Å²) < 4.78 is 0. The lowest BCUT2D eigenvalue weighted by Crippen LogP contribution is -1.87. The lowest BCUT2D eigenvalue weighted by molar-refractivity contribution is 0.697. The zero-order chi connectivity index (χ0) is 8.23. The van der Waals surface area contributed by atoms with Crippen LogP contribution in [0.4, 0.5) is 5.95 Å². The lowest BCUT2D eigenvalue weighted by atomic mass is 11.0. The van der Waals surface area contributed by atoms with Crippen LogP contribution in [0.2, 0.25) is 0 Å². The highest BCUT2D eigenvalue weighted by atomic mass is 15.6. The summed E-state index contributed by atoms with van der Waals surface area (Å²) in [7, 11) is 0. The molecule has 2 heterocycles. The first-order chi connectivity index (χ1) is 5.95. The number of hydrogen-bond acceptors (Lipinski definition) is 9. The second-order valence-electron chi connectivity index (χ2n) is 1.68. The van der Waals surface area contributed by atoms with E-state index in [9.17, 15) is 0 Å². The smallest absolute Gasteiger partial charge is 0.175 e. The van der Waals surface area contributed by atoms with Gasteiger partial charge in [-0.05, 0) is 15.7 Å². The fourth-order valence-corrected chi connectivity index (χ4v) is 0.510. The summed E-state index contributed by atoms with van der Waals surface area (Å²) in [5.74, 6) is 0.118. The van der Waals surface area contributed by atoms with Crippen LogP contribution in [-0.4, -0.2) is 26.9 Å². The molecule has 0 atom stereocenters. The van der Waals surface area contributed by atoms with Gasteiger partial charge in [0.05, 0.1) is 0 Å². The van der Waals surface area contributed by atoms with Crippen LogP contribution in [0.5, 0.6) is 0 Å². The van der Waals surface area contributed by atoms with Gasteiger partial charge >= 0.3 is 5.95 Å². The molecule has 0 unspecified atom stereocenters. The third kappa shape index (κ3) is 1.31. The standard InChI is InChI=1S/C2H2N10/c3(1-5-9-10-6-1)4-2-7-11-12-8-2/h1H,(H,7,8,11,12). The number of H-pyrrole nitrogens is 1.